The average Bonchev–Trinajstić information content (AvgIpc) is 2.86. The molecule has 0 saturated carbocycles. The number of unbranched alkanes of at least 4 members (excludes halogenated alkanes) is 2. The summed E-state index contributed by atoms with van der Waals surface area (Å²) >= 11 is 7.32. The number of thiophene rings is 1. The van der Waals surface area contributed by atoms with Crippen LogP contribution in [-0.4, -0.2) is 22.7 Å². The maximum atomic E-state index is 11.0. The Morgan fingerprint density at radius 2 is 1.88 bits per heavy atom. The number of hydrogen-bond acceptors (Lipinski definition) is 4. The summed E-state index contributed by atoms with van der Waals surface area (Å²) in [5.41, 5.74) is 7.76. The minimum Gasteiger partial charge on any atom is -0.483 e. The van der Waals surface area contributed by atoms with E-state index in [4.69, 9.17) is 32.3 Å². The molecule has 0 unspecified atom stereocenters. The van der Waals surface area contributed by atoms with Gasteiger partial charge >= 0.3 is 5.97 Å². The third-order valence-electron chi connectivity index (χ3n) is 3.12. The lowest BCUT2D eigenvalue weighted by Crippen LogP contribution is -1.93. The Hall–Kier alpha value is -2.05. The minimum atomic E-state index is -0.954. The van der Waals surface area contributed by atoms with Crippen LogP contribution in [0.1, 0.15) is 48.3 Å². The number of carboxylic acids is 1. The van der Waals surface area contributed by atoms with Gasteiger partial charge in [-0.2, -0.15) is 0 Å². The first-order chi connectivity index (χ1) is 11.8. The molecule has 0 aliphatic rings. The second-order valence-electron chi connectivity index (χ2n) is 5.09. The van der Waals surface area contributed by atoms with Crippen molar-refractivity contribution in [1.82, 2.24) is 0 Å². The Bertz CT molecular complexity index is 684. The zero-order valence-electron chi connectivity index (χ0n) is 14.6. The van der Waals surface area contributed by atoms with Gasteiger partial charge in [0.2, 0.25) is 0 Å². The van der Waals surface area contributed by atoms with Gasteiger partial charge < -0.3 is 15.9 Å². The molecule has 0 aliphatic carbocycles. The van der Waals surface area contributed by atoms with Crippen LogP contribution in [0.4, 0.5) is 5.69 Å². The summed E-state index contributed by atoms with van der Waals surface area (Å²) in [5, 5.41) is 16.4. The molecule has 0 radical (unpaired) electrons. The molecule has 4 N–H and O–H groups in total. The van der Waals surface area contributed by atoms with Crippen LogP contribution >= 0.6 is 22.9 Å². The molecule has 0 saturated heterocycles. The summed E-state index contributed by atoms with van der Waals surface area (Å²) < 4.78 is 0. The van der Waals surface area contributed by atoms with Gasteiger partial charge in [-0.05, 0) is 30.2 Å². The third kappa shape index (κ3) is 7.58. The SMILES string of the molecule is CCCCC.Cc1c(C(=O)O)sc(-c2cccc(N)c2)c1Cl.O=CO. The van der Waals surface area contributed by atoms with Crippen LogP contribution in [-0.2, 0) is 4.79 Å². The summed E-state index contributed by atoms with van der Waals surface area (Å²) in [7, 11) is 0. The zero-order valence-corrected chi connectivity index (χ0v) is 16.2. The zero-order chi connectivity index (χ0) is 19.4. The van der Waals surface area contributed by atoms with Crippen LogP contribution in [0, 0.1) is 6.92 Å². The van der Waals surface area contributed by atoms with Gasteiger partial charge in [-0.15, -0.1) is 11.3 Å². The molecule has 1 aromatic carbocycles. The molecule has 1 heterocycles. The summed E-state index contributed by atoms with van der Waals surface area (Å²) in [6.45, 7) is 5.88. The standard InChI is InChI=1S/C12H10ClNO2S.C5H12.CH2O2/c1-6-9(13)11(17-10(6)12(15)16)7-3-2-4-8(14)5-7;1-3-5-4-2;2-1-3/h2-5H,14H2,1H3,(H,15,16);3-5H2,1-2H3;1H,(H,2,3). The molecule has 0 amide bonds. The molecule has 138 valence electrons. The fraction of sp³-hybridized carbons (Fsp3) is 0.333. The Kier molecular flexibility index (Phi) is 11.3. The number of hydrogen-bond donors (Lipinski definition) is 3. The number of nitrogen functional groups attached to an aromatic ring is 1. The number of benzene rings is 1. The van der Waals surface area contributed by atoms with E-state index in [9.17, 15) is 4.79 Å². The number of nitrogens with two attached hydrogens (primary N) is 1. The van der Waals surface area contributed by atoms with Crippen LogP contribution in [0.25, 0.3) is 10.4 Å². The van der Waals surface area contributed by atoms with Crippen molar-refractivity contribution in [2.75, 3.05) is 5.73 Å². The van der Waals surface area contributed by atoms with Crippen LogP contribution in [0.15, 0.2) is 24.3 Å². The predicted octanol–water partition coefficient (Wildman–Crippen LogP) is 5.55. The van der Waals surface area contributed by atoms with E-state index >= 15 is 0 Å². The van der Waals surface area contributed by atoms with Gasteiger partial charge in [0.05, 0.1) is 9.90 Å². The lowest BCUT2D eigenvalue weighted by atomic mass is 10.1. The highest BCUT2D eigenvalue weighted by Gasteiger charge is 2.19. The average molecular weight is 386 g/mol. The number of carbonyl (C=O) groups is 2. The van der Waals surface area contributed by atoms with E-state index in [2.05, 4.69) is 13.8 Å². The summed E-state index contributed by atoms with van der Waals surface area (Å²) in [4.78, 5) is 20.4. The van der Waals surface area contributed by atoms with Crippen LogP contribution in [0.2, 0.25) is 5.02 Å². The Morgan fingerprint density at radius 1 is 1.32 bits per heavy atom. The number of carboxylic acid groups (broad SMARTS) is 2. The highest BCUT2D eigenvalue weighted by Crippen LogP contribution is 2.40. The fourth-order valence-electron chi connectivity index (χ4n) is 1.92. The van der Waals surface area contributed by atoms with Crippen LogP contribution < -0.4 is 5.73 Å². The molecule has 25 heavy (non-hydrogen) atoms. The number of rotatable bonds is 4. The first kappa shape index (κ1) is 22.9. The van der Waals surface area contributed by atoms with Crippen molar-refractivity contribution in [3.05, 3.63) is 39.7 Å². The Morgan fingerprint density at radius 3 is 2.24 bits per heavy atom. The number of anilines is 1. The molecule has 0 spiro atoms. The van der Waals surface area contributed by atoms with Gasteiger partial charge in [-0.1, -0.05) is 56.8 Å². The second kappa shape index (κ2) is 12.3. The van der Waals surface area contributed by atoms with Gasteiger partial charge in [0.1, 0.15) is 4.88 Å². The first-order valence-electron chi connectivity index (χ1n) is 7.79. The molecule has 1 aromatic heterocycles. The van der Waals surface area contributed by atoms with Gasteiger partial charge in [-0.25, -0.2) is 4.79 Å². The van der Waals surface area contributed by atoms with Gasteiger partial charge in [-0.3, -0.25) is 4.79 Å². The molecule has 7 heteroatoms. The van der Waals surface area contributed by atoms with Crippen molar-refractivity contribution >= 4 is 41.1 Å². The number of halogens is 1. The van der Waals surface area contributed by atoms with Gasteiger partial charge in [0, 0.05) is 5.69 Å². The van der Waals surface area contributed by atoms with Crippen molar-refractivity contribution in [3.8, 4) is 10.4 Å². The Balaban J connectivity index is 0.000000610. The largest absolute Gasteiger partial charge is 0.483 e. The molecular weight excluding hydrogens is 362 g/mol. The lowest BCUT2D eigenvalue weighted by molar-refractivity contribution is -0.122. The van der Waals surface area contributed by atoms with E-state index in [1.165, 1.54) is 30.6 Å². The Labute approximate surface area is 157 Å². The first-order valence-corrected chi connectivity index (χ1v) is 8.99. The van der Waals surface area contributed by atoms with Crippen molar-refractivity contribution in [1.29, 1.82) is 0 Å². The molecule has 0 aliphatic heterocycles. The van der Waals surface area contributed by atoms with Gasteiger partial charge in [0.25, 0.3) is 6.47 Å². The second-order valence-corrected chi connectivity index (χ2v) is 6.49. The predicted molar refractivity (Wildman–Crippen MR) is 105 cm³/mol. The molecule has 0 bridgehead atoms. The smallest absolute Gasteiger partial charge is 0.346 e. The summed E-state index contributed by atoms with van der Waals surface area (Å²) in [5.74, 6) is -0.954. The molecule has 0 atom stereocenters. The topological polar surface area (TPSA) is 101 Å². The highest BCUT2D eigenvalue weighted by molar-refractivity contribution is 7.18. The monoisotopic (exact) mass is 385 g/mol. The van der Waals surface area contributed by atoms with E-state index in [1.54, 1.807) is 19.1 Å². The van der Waals surface area contributed by atoms with Crippen molar-refractivity contribution in [2.24, 2.45) is 0 Å². The minimum absolute atomic E-state index is 0.250. The van der Waals surface area contributed by atoms with Gasteiger partial charge in [0.15, 0.2) is 0 Å². The van der Waals surface area contributed by atoms with E-state index < -0.39 is 5.97 Å². The van der Waals surface area contributed by atoms with Crippen molar-refractivity contribution in [2.45, 2.75) is 40.0 Å². The van der Waals surface area contributed by atoms with Crippen molar-refractivity contribution < 1.29 is 19.8 Å². The van der Waals surface area contributed by atoms with Crippen LogP contribution in [0.5, 0.6) is 0 Å². The van der Waals surface area contributed by atoms with E-state index in [0.717, 1.165) is 10.4 Å². The van der Waals surface area contributed by atoms with Crippen molar-refractivity contribution in [3.63, 3.8) is 0 Å². The lowest BCUT2D eigenvalue weighted by Gasteiger charge is -2.00. The normalized spacial score (nSPS) is 9.28. The molecule has 2 aromatic rings. The fourth-order valence-corrected chi connectivity index (χ4v) is 3.33. The molecule has 5 nitrogen and oxygen atoms in total. The summed E-state index contributed by atoms with van der Waals surface area (Å²) in [6, 6.07) is 7.23. The molecular formula is C18H24ClNO4S. The number of aromatic carboxylic acids is 1. The van der Waals surface area contributed by atoms with E-state index in [-0.39, 0.29) is 11.3 Å². The summed E-state index contributed by atoms with van der Waals surface area (Å²) in [6.07, 6.45) is 4.08. The molecule has 2 rings (SSSR count). The maximum Gasteiger partial charge on any atom is 0.346 e. The van der Waals surface area contributed by atoms with Crippen LogP contribution in [0.3, 0.4) is 0 Å². The molecule has 0 fully saturated rings. The highest BCUT2D eigenvalue weighted by atomic mass is 35.5. The van der Waals surface area contributed by atoms with E-state index in [1.807, 2.05) is 12.1 Å². The quantitative estimate of drug-likeness (QED) is 0.472. The van der Waals surface area contributed by atoms with E-state index in [0.29, 0.717) is 16.3 Å². The third-order valence-corrected chi connectivity index (χ3v) is 5.04. The maximum absolute atomic E-state index is 11.0.